The molecule has 1 saturated heterocycles. The van der Waals surface area contributed by atoms with Crippen LogP contribution in [0.5, 0.6) is 0 Å². The van der Waals surface area contributed by atoms with Crippen molar-refractivity contribution in [3.63, 3.8) is 0 Å². The van der Waals surface area contributed by atoms with Crippen molar-refractivity contribution in [2.75, 3.05) is 19.0 Å². The predicted molar refractivity (Wildman–Crippen MR) is 71.2 cm³/mol. The maximum Gasteiger partial charge on any atom is 0.0586 e. The van der Waals surface area contributed by atoms with E-state index in [0.29, 0.717) is 6.10 Å². The van der Waals surface area contributed by atoms with Gasteiger partial charge in [-0.2, -0.15) is 0 Å². The number of hydrogen-bond donors (Lipinski definition) is 0. The quantitative estimate of drug-likeness (QED) is 0.740. The van der Waals surface area contributed by atoms with Crippen molar-refractivity contribution in [3.8, 4) is 0 Å². The highest BCUT2D eigenvalue weighted by Crippen LogP contribution is 2.30. The molecule has 16 heavy (non-hydrogen) atoms. The average Bonchev–Trinajstić information content (AvgIpc) is 2.38. The average molecular weight is 290 g/mol. The fourth-order valence-electron chi connectivity index (χ4n) is 3.30. The van der Waals surface area contributed by atoms with Crippen molar-refractivity contribution in [1.29, 1.82) is 0 Å². The Hall–Kier alpha value is 0.400. The molecule has 0 N–H and O–H groups in total. The van der Waals surface area contributed by atoms with Crippen LogP contribution < -0.4 is 0 Å². The van der Waals surface area contributed by atoms with E-state index in [1.165, 1.54) is 51.5 Å². The standard InChI is InChI=1S/C13H24BrNO/c1-16-13-7-4-6-11(9-13)15-8-3-2-5-12(15)10-14/h11-13H,2-10H2,1H3. The molecule has 94 valence electrons. The Kier molecular flexibility index (Phi) is 5.11. The second kappa shape index (κ2) is 6.36. The molecule has 1 saturated carbocycles. The molecule has 0 spiro atoms. The summed E-state index contributed by atoms with van der Waals surface area (Å²) in [5.74, 6) is 0. The molecule has 1 heterocycles. The van der Waals surface area contributed by atoms with E-state index in [-0.39, 0.29) is 0 Å². The molecule has 3 atom stereocenters. The molecule has 3 heteroatoms. The lowest BCUT2D eigenvalue weighted by atomic mass is 9.89. The summed E-state index contributed by atoms with van der Waals surface area (Å²) in [6.07, 6.45) is 9.92. The first-order valence-electron chi connectivity index (χ1n) is 6.69. The minimum Gasteiger partial charge on any atom is -0.381 e. The summed E-state index contributed by atoms with van der Waals surface area (Å²) in [5, 5.41) is 1.14. The fraction of sp³-hybridized carbons (Fsp3) is 1.00. The minimum absolute atomic E-state index is 0.511. The van der Waals surface area contributed by atoms with Crippen LogP contribution in [0.15, 0.2) is 0 Å². The van der Waals surface area contributed by atoms with Crippen molar-refractivity contribution in [2.24, 2.45) is 0 Å². The van der Waals surface area contributed by atoms with Crippen molar-refractivity contribution < 1.29 is 4.74 Å². The molecular formula is C13H24BrNO. The molecule has 2 fully saturated rings. The highest BCUT2D eigenvalue weighted by atomic mass is 79.9. The molecule has 2 nitrogen and oxygen atoms in total. The molecule has 0 aromatic heterocycles. The van der Waals surface area contributed by atoms with Gasteiger partial charge >= 0.3 is 0 Å². The van der Waals surface area contributed by atoms with Gasteiger partial charge in [-0.25, -0.2) is 0 Å². The number of alkyl halides is 1. The molecule has 1 aliphatic heterocycles. The predicted octanol–water partition coefficient (Wildman–Crippen LogP) is 3.19. The summed E-state index contributed by atoms with van der Waals surface area (Å²) in [7, 11) is 1.87. The summed E-state index contributed by atoms with van der Waals surface area (Å²) in [6, 6.07) is 1.55. The van der Waals surface area contributed by atoms with Gasteiger partial charge in [0, 0.05) is 24.5 Å². The summed E-state index contributed by atoms with van der Waals surface area (Å²) >= 11 is 3.68. The molecule has 2 aliphatic rings. The van der Waals surface area contributed by atoms with Gasteiger partial charge < -0.3 is 4.74 Å². The SMILES string of the molecule is COC1CCCC(N2CCCCC2CBr)C1. The zero-order valence-electron chi connectivity index (χ0n) is 10.3. The summed E-state index contributed by atoms with van der Waals surface area (Å²) in [5.41, 5.74) is 0. The van der Waals surface area contributed by atoms with E-state index in [9.17, 15) is 0 Å². The number of likely N-dealkylation sites (tertiary alicyclic amines) is 1. The third kappa shape index (κ3) is 2.99. The van der Waals surface area contributed by atoms with Crippen LogP contribution >= 0.6 is 15.9 Å². The van der Waals surface area contributed by atoms with Crippen LogP contribution in [0, 0.1) is 0 Å². The van der Waals surface area contributed by atoms with Gasteiger partial charge in [-0.3, -0.25) is 4.90 Å². The van der Waals surface area contributed by atoms with Gasteiger partial charge in [0.15, 0.2) is 0 Å². The second-order valence-corrected chi connectivity index (χ2v) is 5.87. The molecule has 0 radical (unpaired) electrons. The molecule has 1 aliphatic carbocycles. The van der Waals surface area contributed by atoms with Gasteiger partial charge in [0.25, 0.3) is 0 Å². The van der Waals surface area contributed by atoms with Crippen molar-refractivity contribution >= 4 is 15.9 Å². The largest absolute Gasteiger partial charge is 0.381 e. The van der Waals surface area contributed by atoms with E-state index < -0.39 is 0 Å². The van der Waals surface area contributed by atoms with E-state index in [1.54, 1.807) is 0 Å². The number of ether oxygens (including phenoxy) is 1. The highest BCUT2D eigenvalue weighted by Gasteiger charge is 2.31. The molecule has 0 bridgehead atoms. The number of methoxy groups -OCH3 is 1. The molecule has 0 amide bonds. The number of piperidine rings is 1. The van der Waals surface area contributed by atoms with Gasteiger partial charge in [0.2, 0.25) is 0 Å². The van der Waals surface area contributed by atoms with Gasteiger partial charge in [-0.05, 0) is 45.1 Å². The van der Waals surface area contributed by atoms with Crippen LogP contribution in [-0.2, 0) is 4.74 Å². The van der Waals surface area contributed by atoms with E-state index in [4.69, 9.17) is 4.74 Å². The van der Waals surface area contributed by atoms with Crippen molar-refractivity contribution in [3.05, 3.63) is 0 Å². The number of rotatable bonds is 3. The molecule has 0 aromatic rings. The Balaban J connectivity index is 1.93. The normalized spacial score (nSPS) is 37.5. The maximum absolute atomic E-state index is 5.54. The van der Waals surface area contributed by atoms with E-state index in [1.807, 2.05) is 7.11 Å². The number of nitrogens with zero attached hydrogens (tertiary/aromatic N) is 1. The Morgan fingerprint density at radius 2 is 2.06 bits per heavy atom. The molecule has 0 aromatic carbocycles. The van der Waals surface area contributed by atoms with Crippen LogP contribution in [0.4, 0.5) is 0 Å². The van der Waals surface area contributed by atoms with Crippen molar-refractivity contribution in [2.45, 2.75) is 63.1 Å². The Labute approximate surface area is 108 Å². The van der Waals surface area contributed by atoms with E-state index in [2.05, 4.69) is 20.8 Å². The lowest BCUT2D eigenvalue weighted by molar-refractivity contribution is 0.00844. The first-order valence-corrected chi connectivity index (χ1v) is 7.81. The molecule has 3 unspecified atom stereocenters. The van der Waals surface area contributed by atoms with Gasteiger partial charge in [0.1, 0.15) is 0 Å². The van der Waals surface area contributed by atoms with Gasteiger partial charge in [0.05, 0.1) is 6.10 Å². The van der Waals surface area contributed by atoms with Crippen LogP contribution in [-0.4, -0.2) is 42.1 Å². The Bertz CT molecular complexity index is 212. The van der Waals surface area contributed by atoms with Crippen LogP contribution in [0.3, 0.4) is 0 Å². The third-order valence-electron chi connectivity index (χ3n) is 4.25. The first-order chi connectivity index (χ1) is 7.85. The maximum atomic E-state index is 5.54. The third-order valence-corrected chi connectivity index (χ3v) is 5.00. The van der Waals surface area contributed by atoms with Gasteiger partial charge in [-0.1, -0.05) is 22.4 Å². The van der Waals surface area contributed by atoms with Crippen LogP contribution in [0.1, 0.15) is 44.9 Å². The Morgan fingerprint density at radius 3 is 2.81 bits per heavy atom. The summed E-state index contributed by atoms with van der Waals surface area (Å²) in [4.78, 5) is 2.75. The van der Waals surface area contributed by atoms with Gasteiger partial charge in [-0.15, -0.1) is 0 Å². The summed E-state index contributed by atoms with van der Waals surface area (Å²) in [6.45, 7) is 1.30. The first kappa shape index (κ1) is 12.8. The number of halogens is 1. The zero-order valence-corrected chi connectivity index (χ0v) is 11.9. The second-order valence-electron chi connectivity index (χ2n) is 5.22. The fourth-order valence-corrected chi connectivity index (χ4v) is 4.00. The van der Waals surface area contributed by atoms with E-state index in [0.717, 1.165) is 17.4 Å². The molecule has 2 rings (SSSR count). The zero-order chi connectivity index (χ0) is 11.4. The highest BCUT2D eigenvalue weighted by molar-refractivity contribution is 9.09. The van der Waals surface area contributed by atoms with E-state index >= 15 is 0 Å². The number of hydrogen-bond acceptors (Lipinski definition) is 2. The Morgan fingerprint density at radius 1 is 1.19 bits per heavy atom. The lowest BCUT2D eigenvalue weighted by Crippen LogP contribution is -2.49. The summed E-state index contributed by atoms with van der Waals surface area (Å²) < 4.78 is 5.54. The minimum atomic E-state index is 0.511. The topological polar surface area (TPSA) is 12.5 Å². The van der Waals surface area contributed by atoms with Crippen molar-refractivity contribution in [1.82, 2.24) is 4.90 Å². The van der Waals surface area contributed by atoms with Crippen LogP contribution in [0.2, 0.25) is 0 Å². The molecular weight excluding hydrogens is 266 g/mol. The monoisotopic (exact) mass is 289 g/mol. The smallest absolute Gasteiger partial charge is 0.0586 e. The van der Waals surface area contributed by atoms with Crippen LogP contribution in [0.25, 0.3) is 0 Å². The lowest BCUT2D eigenvalue weighted by Gasteiger charge is -2.43.